The standard InChI is InChI=1S/C21H20ClN5O2S/c1-13(2)30(28,29)27-17-8-3-5-14(9-17)19-11-18-20(23-12-24-21(18)26-19)25-16-7-4-6-15(22)10-16/h3-13,27H,1-2H3,(H2,23,24,25,26). The van der Waals surface area contributed by atoms with Gasteiger partial charge in [-0.1, -0.05) is 29.8 Å². The monoisotopic (exact) mass is 441 g/mol. The third kappa shape index (κ3) is 4.24. The number of fused-ring (bicyclic) bond motifs is 1. The Morgan fingerprint density at radius 3 is 2.53 bits per heavy atom. The molecule has 0 aliphatic rings. The zero-order valence-electron chi connectivity index (χ0n) is 16.3. The maximum Gasteiger partial charge on any atom is 0.235 e. The Morgan fingerprint density at radius 1 is 1.00 bits per heavy atom. The summed E-state index contributed by atoms with van der Waals surface area (Å²) >= 11 is 6.07. The van der Waals surface area contributed by atoms with Gasteiger partial charge in [0.25, 0.3) is 0 Å². The van der Waals surface area contributed by atoms with E-state index in [4.69, 9.17) is 11.6 Å². The summed E-state index contributed by atoms with van der Waals surface area (Å²) in [5, 5.41) is 4.17. The topological polar surface area (TPSA) is 99.8 Å². The van der Waals surface area contributed by atoms with Gasteiger partial charge >= 0.3 is 0 Å². The molecule has 2 aromatic carbocycles. The first-order valence-corrected chi connectivity index (χ1v) is 11.2. The number of aromatic nitrogens is 3. The molecule has 2 aromatic heterocycles. The van der Waals surface area contributed by atoms with E-state index < -0.39 is 15.3 Å². The zero-order valence-corrected chi connectivity index (χ0v) is 17.9. The van der Waals surface area contributed by atoms with Crippen LogP contribution in [0, 0.1) is 0 Å². The molecule has 0 aliphatic carbocycles. The van der Waals surface area contributed by atoms with Gasteiger partial charge in [-0.25, -0.2) is 18.4 Å². The lowest BCUT2D eigenvalue weighted by molar-refractivity contribution is 0.593. The number of halogens is 1. The van der Waals surface area contributed by atoms with Gasteiger partial charge in [0, 0.05) is 27.7 Å². The number of H-pyrrole nitrogens is 1. The smallest absolute Gasteiger partial charge is 0.235 e. The third-order valence-corrected chi connectivity index (χ3v) is 6.56. The zero-order chi connectivity index (χ0) is 21.3. The summed E-state index contributed by atoms with van der Waals surface area (Å²) in [6.45, 7) is 3.27. The van der Waals surface area contributed by atoms with E-state index in [0.717, 1.165) is 22.3 Å². The Balaban J connectivity index is 1.69. The van der Waals surface area contributed by atoms with Crippen LogP contribution >= 0.6 is 11.6 Å². The molecule has 30 heavy (non-hydrogen) atoms. The first kappa shape index (κ1) is 20.2. The van der Waals surface area contributed by atoms with Crippen LogP contribution in [0.3, 0.4) is 0 Å². The van der Waals surface area contributed by atoms with Crippen molar-refractivity contribution in [3.8, 4) is 11.3 Å². The van der Waals surface area contributed by atoms with E-state index in [2.05, 4.69) is 25.0 Å². The molecular formula is C21H20ClN5O2S. The van der Waals surface area contributed by atoms with Crippen LogP contribution in [-0.4, -0.2) is 28.6 Å². The van der Waals surface area contributed by atoms with Crippen molar-refractivity contribution in [3.63, 3.8) is 0 Å². The highest BCUT2D eigenvalue weighted by Crippen LogP contribution is 2.30. The van der Waals surface area contributed by atoms with Gasteiger partial charge in [0.1, 0.15) is 17.8 Å². The highest BCUT2D eigenvalue weighted by Gasteiger charge is 2.16. The minimum absolute atomic E-state index is 0.503. The van der Waals surface area contributed by atoms with Crippen molar-refractivity contribution in [1.29, 1.82) is 0 Å². The maximum absolute atomic E-state index is 12.2. The Kier molecular flexibility index (Phi) is 5.36. The summed E-state index contributed by atoms with van der Waals surface area (Å²) in [6, 6.07) is 16.5. The number of nitrogens with zero attached hydrogens (tertiary/aromatic N) is 2. The fraction of sp³-hybridized carbons (Fsp3) is 0.143. The molecule has 0 aliphatic heterocycles. The molecule has 0 amide bonds. The van der Waals surface area contributed by atoms with Gasteiger partial charge in [-0.3, -0.25) is 4.72 Å². The predicted octanol–water partition coefficient (Wildman–Crippen LogP) is 5.17. The van der Waals surface area contributed by atoms with Crippen molar-refractivity contribution in [2.75, 3.05) is 10.0 Å². The Morgan fingerprint density at radius 2 is 1.77 bits per heavy atom. The molecule has 0 radical (unpaired) electrons. The largest absolute Gasteiger partial charge is 0.340 e. The van der Waals surface area contributed by atoms with Crippen molar-refractivity contribution in [2.24, 2.45) is 0 Å². The molecule has 0 unspecified atom stereocenters. The molecular weight excluding hydrogens is 422 g/mol. The van der Waals surface area contributed by atoms with Crippen LogP contribution in [0.15, 0.2) is 60.9 Å². The molecule has 0 saturated heterocycles. The lowest BCUT2D eigenvalue weighted by atomic mass is 10.1. The SMILES string of the molecule is CC(C)S(=O)(=O)Nc1cccc(-c2cc3c(Nc4cccc(Cl)c4)ncnc3[nH]2)c1. The average molecular weight is 442 g/mol. The highest BCUT2D eigenvalue weighted by atomic mass is 35.5. The van der Waals surface area contributed by atoms with Crippen molar-refractivity contribution < 1.29 is 8.42 Å². The highest BCUT2D eigenvalue weighted by molar-refractivity contribution is 7.93. The van der Waals surface area contributed by atoms with Crippen LogP contribution in [0.1, 0.15) is 13.8 Å². The number of hydrogen-bond acceptors (Lipinski definition) is 5. The second-order valence-corrected chi connectivity index (χ2v) is 9.75. The molecule has 3 N–H and O–H groups in total. The van der Waals surface area contributed by atoms with E-state index in [0.29, 0.717) is 22.2 Å². The minimum atomic E-state index is -3.42. The molecule has 154 valence electrons. The third-order valence-electron chi connectivity index (χ3n) is 4.57. The predicted molar refractivity (Wildman–Crippen MR) is 122 cm³/mol. The van der Waals surface area contributed by atoms with Crippen molar-refractivity contribution in [3.05, 3.63) is 65.9 Å². The molecule has 0 spiro atoms. The van der Waals surface area contributed by atoms with Crippen molar-refractivity contribution in [2.45, 2.75) is 19.1 Å². The quantitative estimate of drug-likeness (QED) is 0.383. The normalized spacial score (nSPS) is 11.7. The van der Waals surface area contributed by atoms with Crippen LogP contribution in [-0.2, 0) is 10.0 Å². The fourth-order valence-electron chi connectivity index (χ4n) is 2.93. The number of rotatable bonds is 6. The van der Waals surface area contributed by atoms with E-state index in [9.17, 15) is 8.42 Å². The summed E-state index contributed by atoms with van der Waals surface area (Å²) < 4.78 is 27.0. The van der Waals surface area contributed by atoms with Gasteiger partial charge in [0.15, 0.2) is 0 Å². The van der Waals surface area contributed by atoms with E-state index in [-0.39, 0.29) is 0 Å². The molecule has 4 rings (SSSR count). The van der Waals surface area contributed by atoms with Crippen LogP contribution in [0.4, 0.5) is 17.2 Å². The van der Waals surface area contributed by atoms with Crippen LogP contribution in [0.2, 0.25) is 5.02 Å². The van der Waals surface area contributed by atoms with Crippen LogP contribution in [0.5, 0.6) is 0 Å². The van der Waals surface area contributed by atoms with Crippen molar-refractivity contribution >= 4 is 49.9 Å². The second-order valence-electron chi connectivity index (χ2n) is 7.08. The molecule has 7 nitrogen and oxygen atoms in total. The van der Waals surface area contributed by atoms with E-state index in [1.54, 1.807) is 38.1 Å². The molecule has 2 heterocycles. The van der Waals surface area contributed by atoms with E-state index in [1.807, 2.05) is 30.3 Å². The maximum atomic E-state index is 12.2. The van der Waals surface area contributed by atoms with Gasteiger partial charge in [0.2, 0.25) is 10.0 Å². The van der Waals surface area contributed by atoms with Crippen LogP contribution in [0.25, 0.3) is 22.3 Å². The summed E-state index contributed by atoms with van der Waals surface area (Å²) in [5.74, 6) is 0.640. The number of benzene rings is 2. The Bertz CT molecular complexity index is 1320. The Hall–Kier alpha value is -3.10. The number of nitrogens with one attached hydrogen (secondary N) is 3. The van der Waals surface area contributed by atoms with E-state index in [1.165, 1.54) is 6.33 Å². The summed E-state index contributed by atoms with van der Waals surface area (Å²) in [5.41, 5.74) is 3.60. The van der Waals surface area contributed by atoms with Gasteiger partial charge in [-0.05, 0) is 50.2 Å². The molecule has 0 bridgehead atoms. The number of hydrogen-bond donors (Lipinski definition) is 3. The molecule has 4 aromatic rings. The van der Waals surface area contributed by atoms with Gasteiger partial charge < -0.3 is 10.3 Å². The van der Waals surface area contributed by atoms with Gasteiger partial charge in [-0.15, -0.1) is 0 Å². The number of sulfonamides is 1. The summed E-state index contributed by atoms with van der Waals surface area (Å²) in [4.78, 5) is 11.9. The average Bonchev–Trinajstić information content (AvgIpc) is 3.13. The van der Waals surface area contributed by atoms with Crippen LogP contribution < -0.4 is 10.0 Å². The second kappa shape index (κ2) is 7.97. The first-order chi connectivity index (χ1) is 14.3. The lowest BCUT2D eigenvalue weighted by Gasteiger charge is -2.11. The first-order valence-electron chi connectivity index (χ1n) is 9.30. The lowest BCUT2D eigenvalue weighted by Crippen LogP contribution is -2.22. The molecule has 0 fully saturated rings. The van der Waals surface area contributed by atoms with Gasteiger partial charge in [-0.2, -0.15) is 0 Å². The summed E-state index contributed by atoms with van der Waals surface area (Å²) in [6.07, 6.45) is 1.47. The number of anilines is 3. The fourth-order valence-corrected chi connectivity index (χ4v) is 3.81. The molecule has 9 heteroatoms. The summed E-state index contributed by atoms with van der Waals surface area (Å²) in [7, 11) is -3.42. The van der Waals surface area contributed by atoms with E-state index >= 15 is 0 Å². The number of aromatic amines is 1. The molecule has 0 atom stereocenters. The minimum Gasteiger partial charge on any atom is -0.340 e. The molecule has 0 saturated carbocycles. The van der Waals surface area contributed by atoms with Crippen molar-refractivity contribution in [1.82, 2.24) is 15.0 Å². The Labute approximate surface area is 179 Å². The van der Waals surface area contributed by atoms with Gasteiger partial charge in [0.05, 0.1) is 10.6 Å².